The maximum atomic E-state index is 6.25. The Kier molecular flexibility index (Phi) is 6.07. The van der Waals surface area contributed by atoms with Gasteiger partial charge in [0.15, 0.2) is 0 Å². The van der Waals surface area contributed by atoms with E-state index in [-0.39, 0.29) is 5.60 Å². The van der Waals surface area contributed by atoms with Crippen molar-refractivity contribution in [3.63, 3.8) is 0 Å². The third-order valence-corrected chi connectivity index (χ3v) is 5.34. The van der Waals surface area contributed by atoms with Gasteiger partial charge in [0.2, 0.25) is 0 Å². The fraction of sp³-hybridized carbons (Fsp3) is 0.765. The molecule has 0 N–H and O–H groups in total. The van der Waals surface area contributed by atoms with E-state index in [0.29, 0.717) is 6.61 Å². The molecule has 1 atom stereocenters. The molecule has 0 saturated carbocycles. The molecule has 3 rings (SSSR count). The monoisotopic (exact) mass is 339 g/mol. The first-order valence-corrected chi connectivity index (χ1v) is 9.42. The summed E-state index contributed by atoms with van der Waals surface area (Å²) in [5.74, 6) is 0. The average molecular weight is 340 g/mol. The first-order chi connectivity index (χ1) is 11.2. The lowest BCUT2D eigenvalue weighted by atomic mass is 10.0. The Hall–Kier alpha value is -0.500. The number of hydrogen-bond donors (Lipinski definition) is 0. The fourth-order valence-electron chi connectivity index (χ4n) is 3.40. The standard InChI is InChI=1S/C17H29N3O2S/c1-18(2)4-5-19-6-8-21-15-17(13-19)14-20(7-9-22-17)11-16-3-10-23-12-16/h3,10,12H,4-9,11,13-15H2,1-2H3/t17-/m1/s1. The van der Waals surface area contributed by atoms with Crippen LogP contribution in [-0.2, 0) is 16.0 Å². The van der Waals surface area contributed by atoms with Crippen molar-refractivity contribution in [3.05, 3.63) is 22.4 Å². The summed E-state index contributed by atoms with van der Waals surface area (Å²) in [5.41, 5.74) is 1.24. The minimum Gasteiger partial charge on any atom is -0.377 e. The summed E-state index contributed by atoms with van der Waals surface area (Å²) in [6.45, 7) is 9.44. The Labute approximate surface area is 143 Å². The molecule has 1 aromatic heterocycles. The van der Waals surface area contributed by atoms with E-state index in [2.05, 4.69) is 45.6 Å². The van der Waals surface area contributed by atoms with Crippen LogP contribution >= 0.6 is 11.3 Å². The quantitative estimate of drug-likeness (QED) is 0.804. The molecule has 23 heavy (non-hydrogen) atoms. The van der Waals surface area contributed by atoms with E-state index < -0.39 is 0 Å². The average Bonchev–Trinajstić information content (AvgIpc) is 2.94. The summed E-state index contributed by atoms with van der Waals surface area (Å²) in [6.07, 6.45) is 0. The number of morpholine rings is 1. The van der Waals surface area contributed by atoms with Crippen LogP contribution in [0.3, 0.4) is 0 Å². The van der Waals surface area contributed by atoms with E-state index in [9.17, 15) is 0 Å². The van der Waals surface area contributed by atoms with E-state index in [0.717, 1.165) is 59.0 Å². The second kappa shape index (κ2) is 8.05. The van der Waals surface area contributed by atoms with Gasteiger partial charge in [0, 0.05) is 45.8 Å². The summed E-state index contributed by atoms with van der Waals surface area (Å²) < 4.78 is 12.2. The van der Waals surface area contributed by atoms with Crippen molar-refractivity contribution >= 4 is 11.3 Å². The Bertz CT molecular complexity index is 468. The van der Waals surface area contributed by atoms with Crippen LogP contribution in [0.15, 0.2) is 16.8 Å². The van der Waals surface area contributed by atoms with Gasteiger partial charge in [-0.15, -0.1) is 0 Å². The Morgan fingerprint density at radius 1 is 1.22 bits per heavy atom. The number of nitrogens with zero attached hydrogens (tertiary/aromatic N) is 3. The Balaban J connectivity index is 1.61. The maximum Gasteiger partial charge on any atom is 0.117 e. The van der Waals surface area contributed by atoms with Crippen LogP contribution in [-0.4, -0.2) is 93.5 Å². The van der Waals surface area contributed by atoms with E-state index in [1.807, 2.05) is 0 Å². The van der Waals surface area contributed by atoms with Crippen LogP contribution in [0.2, 0.25) is 0 Å². The fourth-order valence-corrected chi connectivity index (χ4v) is 4.06. The zero-order valence-electron chi connectivity index (χ0n) is 14.4. The highest BCUT2D eigenvalue weighted by atomic mass is 32.1. The number of ether oxygens (including phenoxy) is 2. The lowest BCUT2D eigenvalue weighted by Crippen LogP contribution is -2.58. The summed E-state index contributed by atoms with van der Waals surface area (Å²) in [4.78, 5) is 7.26. The smallest absolute Gasteiger partial charge is 0.117 e. The van der Waals surface area contributed by atoms with E-state index in [1.54, 1.807) is 11.3 Å². The van der Waals surface area contributed by atoms with Crippen molar-refractivity contribution in [1.29, 1.82) is 0 Å². The molecule has 6 heteroatoms. The third-order valence-electron chi connectivity index (χ3n) is 4.61. The Morgan fingerprint density at radius 2 is 2.04 bits per heavy atom. The topological polar surface area (TPSA) is 28.2 Å². The summed E-state index contributed by atoms with van der Waals surface area (Å²) in [7, 11) is 4.26. The lowest BCUT2D eigenvalue weighted by molar-refractivity contribution is -0.143. The molecule has 0 amide bonds. The van der Waals surface area contributed by atoms with Crippen molar-refractivity contribution in [2.45, 2.75) is 12.1 Å². The number of likely N-dealkylation sites (N-methyl/N-ethyl adjacent to an activating group) is 1. The largest absolute Gasteiger partial charge is 0.377 e. The molecule has 5 nitrogen and oxygen atoms in total. The molecule has 1 aromatic rings. The van der Waals surface area contributed by atoms with Gasteiger partial charge >= 0.3 is 0 Å². The van der Waals surface area contributed by atoms with Gasteiger partial charge in [-0.2, -0.15) is 11.3 Å². The SMILES string of the molecule is CN(C)CCN1CCOC[C@@]2(C1)CN(Cc1ccsc1)CCO2. The molecule has 2 fully saturated rings. The normalized spacial score (nSPS) is 27.6. The van der Waals surface area contributed by atoms with Gasteiger partial charge in [-0.3, -0.25) is 9.80 Å². The number of hydrogen-bond acceptors (Lipinski definition) is 6. The molecule has 1 spiro atoms. The van der Waals surface area contributed by atoms with Gasteiger partial charge in [-0.1, -0.05) is 0 Å². The molecule has 3 heterocycles. The van der Waals surface area contributed by atoms with Crippen molar-refractivity contribution in [3.8, 4) is 0 Å². The number of rotatable bonds is 5. The number of thiophene rings is 1. The van der Waals surface area contributed by atoms with Crippen molar-refractivity contribution in [1.82, 2.24) is 14.7 Å². The van der Waals surface area contributed by atoms with Gasteiger partial charge in [0.1, 0.15) is 5.60 Å². The van der Waals surface area contributed by atoms with E-state index >= 15 is 0 Å². The first kappa shape index (κ1) is 17.3. The molecule has 0 aliphatic carbocycles. The lowest BCUT2D eigenvalue weighted by Gasteiger charge is -2.43. The molecule has 0 aromatic carbocycles. The molecule has 2 aliphatic rings. The summed E-state index contributed by atoms with van der Waals surface area (Å²) in [5, 5.41) is 4.40. The molecule has 0 bridgehead atoms. The second-order valence-electron chi connectivity index (χ2n) is 7.01. The highest BCUT2D eigenvalue weighted by molar-refractivity contribution is 7.07. The van der Waals surface area contributed by atoms with E-state index in [1.165, 1.54) is 5.56 Å². The summed E-state index contributed by atoms with van der Waals surface area (Å²) in [6, 6.07) is 2.22. The maximum absolute atomic E-state index is 6.25. The van der Waals surface area contributed by atoms with Gasteiger partial charge < -0.3 is 14.4 Å². The molecule has 130 valence electrons. The molecular formula is C17H29N3O2S. The highest BCUT2D eigenvalue weighted by Crippen LogP contribution is 2.24. The minimum absolute atomic E-state index is 0.170. The highest BCUT2D eigenvalue weighted by Gasteiger charge is 2.40. The van der Waals surface area contributed by atoms with E-state index in [4.69, 9.17) is 9.47 Å². The van der Waals surface area contributed by atoms with Gasteiger partial charge in [0.05, 0.1) is 19.8 Å². The van der Waals surface area contributed by atoms with Crippen LogP contribution in [0.1, 0.15) is 5.56 Å². The third kappa shape index (κ3) is 4.98. The van der Waals surface area contributed by atoms with Crippen LogP contribution in [0.25, 0.3) is 0 Å². The van der Waals surface area contributed by atoms with Gasteiger partial charge in [-0.25, -0.2) is 0 Å². The van der Waals surface area contributed by atoms with Crippen molar-refractivity contribution < 1.29 is 9.47 Å². The summed E-state index contributed by atoms with van der Waals surface area (Å²) >= 11 is 1.77. The molecule has 2 saturated heterocycles. The van der Waals surface area contributed by atoms with Crippen molar-refractivity contribution in [2.24, 2.45) is 0 Å². The molecule has 0 radical (unpaired) electrons. The minimum atomic E-state index is -0.170. The predicted molar refractivity (Wildman–Crippen MR) is 94.1 cm³/mol. The van der Waals surface area contributed by atoms with Crippen LogP contribution in [0.5, 0.6) is 0 Å². The zero-order chi connectivity index (χ0) is 16.1. The zero-order valence-corrected chi connectivity index (χ0v) is 15.2. The van der Waals surface area contributed by atoms with Crippen LogP contribution < -0.4 is 0 Å². The molecule has 0 unspecified atom stereocenters. The molecular weight excluding hydrogens is 310 g/mol. The Morgan fingerprint density at radius 3 is 2.83 bits per heavy atom. The molecule has 2 aliphatic heterocycles. The van der Waals surface area contributed by atoms with Crippen LogP contribution in [0.4, 0.5) is 0 Å². The predicted octanol–water partition coefficient (Wildman–Crippen LogP) is 1.21. The van der Waals surface area contributed by atoms with Gasteiger partial charge in [-0.05, 0) is 36.5 Å². The van der Waals surface area contributed by atoms with Crippen LogP contribution in [0, 0.1) is 0 Å². The van der Waals surface area contributed by atoms with Crippen molar-refractivity contribution in [2.75, 3.05) is 73.2 Å². The second-order valence-corrected chi connectivity index (χ2v) is 7.79. The van der Waals surface area contributed by atoms with Gasteiger partial charge in [0.25, 0.3) is 0 Å². The first-order valence-electron chi connectivity index (χ1n) is 8.47.